The van der Waals surface area contributed by atoms with Gasteiger partial charge in [-0.05, 0) is 64.7 Å². The Bertz CT molecular complexity index is 1130. The van der Waals surface area contributed by atoms with E-state index in [0.717, 1.165) is 20.8 Å². The largest absolute Gasteiger partial charge is 0.345 e. The second-order valence-corrected chi connectivity index (χ2v) is 9.95. The van der Waals surface area contributed by atoms with Crippen LogP contribution in [-0.4, -0.2) is 45.8 Å². The number of hydrogen-bond acceptors (Lipinski definition) is 2. The van der Waals surface area contributed by atoms with Crippen LogP contribution in [0.4, 0.5) is 0 Å². The number of carbonyl (C=O) groups excluding carboxylic acids is 2. The fourth-order valence-corrected chi connectivity index (χ4v) is 4.49. The third-order valence-electron chi connectivity index (χ3n) is 5.61. The number of halogens is 2. The summed E-state index contributed by atoms with van der Waals surface area (Å²) in [5.74, 6) is 0.0707. The van der Waals surface area contributed by atoms with Gasteiger partial charge in [0.2, 0.25) is 5.91 Å². The van der Waals surface area contributed by atoms with E-state index in [0.29, 0.717) is 37.7 Å². The molecule has 2 aromatic carbocycles. The van der Waals surface area contributed by atoms with Crippen LogP contribution in [0.2, 0.25) is 5.02 Å². The average molecular weight is 545 g/mol. The van der Waals surface area contributed by atoms with Gasteiger partial charge in [0.05, 0.1) is 12.1 Å². The molecule has 0 fully saturated rings. The molecular formula is C27H31BrClN3O2. The standard InChI is InChI=1S/C27H31BrClN3O2/c1-4-30(27(34)23-12-6-7-13-24(23)28)19-26(33)32(16-20(2)3)18-22-11-9-15-31(22)17-21-10-5-8-14-25(21)29/h5-15,20H,4,16-19H2,1-3H3. The van der Waals surface area contributed by atoms with Crippen LogP contribution in [0.1, 0.15) is 42.4 Å². The molecular weight excluding hydrogens is 514 g/mol. The number of likely N-dealkylation sites (N-methyl/N-ethyl adjacent to an activating group) is 1. The molecule has 0 radical (unpaired) electrons. The summed E-state index contributed by atoms with van der Waals surface area (Å²) in [6, 6.07) is 19.1. The van der Waals surface area contributed by atoms with E-state index in [2.05, 4.69) is 34.3 Å². The lowest BCUT2D eigenvalue weighted by molar-refractivity contribution is -0.133. The highest BCUT2D eigenvalue weighted by Crippen LogP contribution is 2.20. The molecule has 0 aliphatic heterocycles. The molecule has 3 aromatic rings. The lowest BCUT2D eigenvalue weighted by atomic mass is 10.1. The summed E-state index contributed by atoms with van der Waals surface area (Å²) < 4.78 is 2.84. The summed E-state index contributed by atoms with van der Waals surface area (Å²) in [4.78, 5) is 29.9. The van der Waals surface area contributed by atoms with Gasteiger partial charge in [-0.1, -0.05) is 55.8 Å². The highest BCUT2D eigenvalue weighted by Gasteiger charge is 2.23. The van der Waals surface area contributed by atoms with E-state index in [-0.39, 0.29) is 18.4 Å². The van der Waals surface area contributed by atoms with Crippen LogP contribution in [0.5, 0.6) is 0 Å². The summed E-state index contributed by atoms with van der Waals surface area (Å²) >= 11 is 9.81. The molecule has 1 heterocycles. The summed E-state index contributed by atoms with van der Waals surface area (Å²) in [5, 5.41) is 0.724. The lowest BCUT2D eigenvalue weighted by Crippen LogP contribution is -2.44. The Morgan fingerprint density at radius 1 is 1.00 bits per heavy atom. The number of hydrogen-bond donors (Lipinski definition) is 0. The van der Waals surface area contributed by atoms with Crippen LogP contribution >= 0.6 is 27.5 Å². The van der Waals surface area contributed by atoms with Crippen LogP contribution in [-0.2, 0) is 17.9 Å². The predicted octanol–water partition coefficient (Wildman–Crippen LogP) is 6.10. The van der Waals surface area contributed by atoms with Crippen molar-refractivity contribution in [3.63, 3.8) is 0 Å². The van der Waals surface area contributed by atoms with Crippen molar-refractivity contribution in [1.29, 1.82) is 0 Å². The van der Waals surface area contributed by atoms with Gasteiger partial charge in [-0.25, -0.2) is 0 Å². The third-order valence-corrected chi connectivity index (χ3v) is 6.67. The van der Waals surface area contributed by atoms with Crippen molar-refractivity contribution in [2.45, 2.75) is 33.9 Å². The molecule has 1 aromatic heterocycles. The predicted molar refractivity (Wildman–Crippen MR) is 141 cm³/mol. The molecule has 0 bridgehead atoms. The molecule has 5 nitrogen and oxygen atoms in total. The van der Waals surface area contributed by atoms with Crippen molar-refractivity contribution in [1.82, 2.24) is 14.4 Å². The Balaban J connectivity index is 1.76. The van der Waals surface area contributed by atoms with Gasteiger partial charge >= 0.3 is 0 Å². The quantitative estimate of drug-likeness (QED) is 0.310. The minimum Gasteiger partial charge on any atom is -0.345 e. The maximum absolute atomic E-state index is 13.4. The molecule has 0 saturated carbocycles. The molecule has 0 unspecified atom stereocenters. The fraction of sp³-hybridized carbons (Fsp3) is 0.333. The Morgan fingerprint density at radius 3 is 2.38 bits per heavy atom. The molecule has 34 heavy (non-hydrogen) atoms. The molecule has 0 saturated heterocycles. The SMILES string of the molecule is CCN(CC(=O)N(Cc1cccn1Cc1ccccc1Cl)CC(C)C)C(=O)c1ccccc1Br. The molecule has 3 rings (SSSR count). The first-order valence-electron chi connectivity index (χ1n) is 11.5. The Hall–Kier alpha value is -2.57. The maximum atomic E-state index is 13.4. The van der Waals surface area contributed by atoms with Crippen LogP contribution in [0.15, 0.2) is 71.3 Å². The minimum absolute atomic E-state index is 0.0363. The van der Waals surface area contributed by atoms with E-state index in [1.54, 1.807) is 11.0 Å². The van der Waals surface area contributed by atoms with Crippen LogP contribution in [0, 0.1) is 5.92 Å². The van der Waals surface area contributed by atoms with Gasteiger partial charge in [-0.2, -0.15) is 0 Å². The summed E-state index contributed by atoms with van der Waals surface area (Å²) in [5.41, 5.74) is 2.61. The summed E-state index contributed by atoms with van der Waals surface area (Å²) in [7, 11) is 0. The van der Waals surface area contributed by atoms with E-state index in [9.17, 15) is 9.59 Å². The normalized spacial score (nSPS) is 11.0. The summed E-state index contributed by atoms with van der Waals surface area (Å²) in [6.45, 7) is 8.27. The molecule has 2 amide bonds. The topological polar surface area (TPSA) is 45.6 Å². The van der Waals surface area contributed by atoms with E-state index in [1.165, 1.54) is 0 Å². The number of carbonyl (C=O) groups is 2. The maximum Gasteiger partial charge on any atom is 0.255 e. The minimum atomic E-state index is -0.157. The first-order valence-corrected chi connectivity index (χ1v) is 12.7. The summed E-state index contributed by atoms with van der Waals surface area (Å²) in [6.07, 6.45) is 2.01. The van der Waals surface area contributed by atoms with Gasteiger partial charge < -0.3 is 14.4 Å². The number of aromatic nitrogens is 1. The zero-order valence-corrected chi connectivity index (χ0v) is 22.2. The van der Waals surface area contributed by atoms with Gasteiger partial charge in [-0.3, -0.25) is 9.59 Å². The van der Waals surface area contributed by atoms with Gasteiger partial charge in [0, 0.05) is 41.0 Å². The smallest absolute Gasteiger partial charge is 0.255 e. The van der Waals surface area contributed by atoms with E-state index in [4.69, 9.17) is 11.6 Å². The molecule has 0 aliphatic carbocycles. The average Bonchev–Trinajstić information content (AvgIpc) is 3.24. The van der Waals surface area contributed by atoms with E-state index >= 15 is 0 Å². The van der Waals surface area contributed by atoms with Gasteiger partial charge in [0.25, 0.3) is 5.91 Å². The molecule has 180 valence electrons. The highest BCUT2D eigenvalue weighted by molar-refractivity contribution is 9.10. The number of benzene rings is 2. The Morgan fingerprint density at radius 2 is 1.71 bits per heavy atom. The van der Waals surface area contributed by atoms with Gasteiger partial charge in [-0.15, -0.1) is 0 Å². The lowest BCUT2D eigenvalue weighted by Gasteiger charge is -2.29. The highest BCUT2D eigenvalue weighted by atomic mass is 79.9. The van der Waals surface area contributed by atoms with Crippen molar-refractivity contribution in [3.8, 4) is 0 Å². The molecule has 0 atom stereocenters. The third kappa shape index (κ3) is 6.73. The number of amides is 2. The zero-order valence-electron chi connectivity index (χ0n) is 19.9. The van der Waals surface area contributed by atoms with Crippen LogP contribution in [0.3, 0.4) is 0 Å². The van der Waals surface area contributed by atoms with Crippen molar-refractivity contribution in [2.24, 2.45) is 5.92 Å². The first-order chi connectivity index (χ1) is 16.3. The van der Waals surface area contributed by atoms with Gasteiger partial charge in [0.1, 0.15) is 6.54 Å². The van der Waals surface area contributed by atoms with Crippen LogP contribution in [0.25, 0.3) is 0 Å². The van der Waals surface area contributed by atoms with Crippen molar-refractivity contribution in [2.75, 3.05) is 19.6 Å². The Kier molecular flexibility index (Phi) is 9.36. The first kappa shape index (κ1) is 26.0. The Labute approximate surface area is 215 Å². The van der Waals surface area contributed by atoms with Crippen LogP contribution < -0.4 is 0 Å². The molecule has 7 heteroatoms. The number of rotatable bonds is 10. The van der Waals surface area contributed by atoms with Crippen molar-refractivity contribution in [3.05, 3.63) is 93.2 Å². The second-order valence-electron chi connectivity index (χ2n) is 8.69. The molecule has 0 spiro atoms. The van der Waals surface area contributed by atoms with Gasteiger partial charge in [0.15, 0.2) is 0 Å². The van der Waals surface area contributed by atoms with E-state index < -0.39 is 0 Å². The molecule has 0 aliphatic rings. The number of nitrogens with zero attached hydrogens (tertiary/aromatic N) is 3. The fourth-order valence-electron chi connectivity index (χ4n) is 3.84. The second kappa shape index (κ2) is 12.2. The zero-order chi connectivity index (χ0) is 24.7. The monoisotopic (exact) mass is 543 g/mol. The van der Waals surface area contributed by atoms with Crippen molar-refractivity contribution >= 4 is 39.3 Å². The van der Waals surface area contributed by atoms with E-state index in [1.807, 2.05) is 72.6 Å². The van der Waals surface area contributed by atoms with Crippen molar-refractivity contribution < 1.29 is 9.59 Å². The molecule has 0 N–H and O–H groups in total.